The number of rotatable bonds is 0. The fraction of sp³-hybridized carbons (Fsp3) is 0.875. The van der Waals surface area contributed by atoms with E-state index in [4.69, 9.17) is 9.84 Å². The van der Waals surface area contributed by atoms with Crippen LogP contribution in [0.5, 0.6) is 0 Å². The van der Waals surface area contributed by atoms with Crippen LogP contribution in [-0.4, -0.2) is 54.5 Å². The van der Waals surface area contributed by atoms with Crippen molar-refractivity contribution >= 4 is 6.09 Å². The van der Waals surface area contributed by atoms with Crippen molar-refractivity contribution in [1.29, 1.82) is 0 Å². The number of ether oxygens (including phenoxy) is 1. The van der Waals surface area contributed by atoms with Gasteiger partial charge in [-0.05, 0) is 13.0 Å². The first kappa shape index (κ1) is 8.77. The molecule has 2 saturated heterocycles. The number of hydrogen-bond acceptors (Lipinski definition) is 3. The Hall–Kier alpha value is -0.810. The Morgan fingerprint density at radius 2 is 2.46 bits per heavy atom. The molecule has 0 saturated carbocycles. The summed E-state index contributed by atoms with van der Waals surface area (Å²) in [6.45, 7) is 2.69. The molecule has 0 aromatic rings. The highest BCUT2D eigenvalue weighted by atomic mass is 16.5. The van der Waals surface area contributed by atoms with E-state index in [-0.39, 0.29) is 12.1 Å². The number of hydrogen-bond donors (Lipinski definition) is 2. The minimum absolute atomic E-state index is 0.0543. The van der Waals surface area contributed by atoms with E-state index in [1.165, 1.54) is 4.90 Å². The van der Waals surface area contributed by atoms with Crippen LogP contribution in [0.1, 0.15) is 6.42 Å². The van der Waals surface area contributed by atoms with E-state index in [0.717, 1.165) is 19.5 Å². The second kappa shape index (κ2) is 3.51. The van der Waals surface area contributed by atoms with Crippen molar-refractivity contribution in [3.8, 4) is 0 Å². The molecule has 2 rings (SSSR count). The van der Waals surface area contributed by atoms with Gasteiger partial charge in [0.15, 0.2) is 0 Å². The monoisotopic (exact) mass is 186 g/mol. The number of amides is 1. The van der Waals surface area contributed by atoms with E-state index in [1.807, 2.05) is 0 Å². The largest absolute Gasteiger partial charge is 0.465 e. The predicted octanol–water partition coefficient (Wildman–Crippen LogP) is -0.273. The fourth-order valence-corrected chi connectivity index (χ4v) is 2.05. The van der Waals surface area contributed by atoms with Crippen LogP contribution in [0.4, 0.5) is 4.79 Å². The van der Waals surface area contributed by atoms with Crippen LogP contribution in [0.25, 0.3) is 0 Å². The minimum Gasteiger partial charge on any atom is -0.465 e. The van der Waals surface area contributed by atoms with Gasteiger partial charge >= 0.3 is 6.09 Å². The van der Waals surface area contributed by atoms with Gasteiger partial charge in [-0.15, -0.1) is 0 Å². The Labute approximate surface area is 76.7 Å². The van der Waals surface area contributed by atoms with Crippen molar-refractivity contribution in [2.24, 2.45) is 0 Å². The summed E-state index contributed by atoms with van der Waals surface area (Å²) in [7, 11) is 0. The molecular formula is C8H14N2O3. The third-order valence-electron chi connectivity index (χ3n) is 2.70. The van der Waals surface area contributed by atoms with Crippen molar-refractivity contribution in [2.75, 3.05) is 26.2 Å². The highest BCUT2D eigenvalue weighted by Crippen LogP contribution is 2.19. The molecule has 2 fully saturated rings. The first-order valence-corrected chi connectivity index (χ1v) is 4.61. The molecule has 2 atom stereocenters. The number of morpholine rings is 1. The zero-order valence-corrected chi connectivity index (χ0v) is 7.40. The molecule has 74 valence electrons. The van der Waals surface area contributed by atoms with Crippen molar-refractivity contribution in [3.05, 3.63) is 0 Å². The van der Waals surface area contributed by atoms with Gasteiger partial charge < -0.3 is 20.1 Å². The van der Waals surface area contributed by atoms with Crippen molar-refractivity contribution in [3.63, 3.8) is 0 Å². The van der Waals surface area contributed by atoms with Gasteiger partial charge in [-0.25, -0.2) is 4.79 Å². The Bertz CT molecular complexity index is 208. The number of fused-ring (bicyclic) bond motifs is 1. The summed E-state index contributed by atoms with van der Waals surface area (Å²) >= 11 is 0. The smallest absolute Gasteiger partial charge is 0.407 e. The van der Waals surface area contributed by atoms with E-state index < -0.39 is 6.09 Å². The zero-order chi connectivity index (χ0) is 9.26. The van der Waals surface area contributed by atoms with Gasteiger partial charge in [0.2, 0.25) is 0 Å². The van der Waals surface area contributed by atoms with Crippen LogP contribution in [0.2, 0.25) is 0 Å². The van der Waals surface area contributed by atoms with Crippen LogP contribution in [0, 0.1) is 0 Å². The zero-order valence-electron chi connectivity index (χ0n) is 7.40. The van der Waals surface area contributed by atoms with Gasteiger partial charge in [0.1, 0.15) is 0 Å². The number of nitrogens with one attached hydrogen (secondary N) is 1. The normalized spacial score (nSPS) is 34.0. The number of carboxylic acid groups (broad SMARTS) is 1. The lowest BCUT2D eigenvalue weighted by atomic mass is 10.0. The molecule has 0 bridgehead atoms. The second-order valence-corrected chi connectivity index (χ2v) is 3.45. The number of nitrogens with zero attached hydrogens (tertiary/aromatic N) is 1. The topological polar surface area (TPSA) is 61.8 Å². The summed E-state index contributed by atoms with van der Waals surface area (Å²) in [4.78, 5) is 12.4. The van der Waals surface area contributed by atoms with Gasteiger partial charge in [0, 0.05) is 13.1 Å². The molecule has 0 radical (unpaired) electrons. The maximum atomic E-state index is 10.9. The Kier molecular flexibility index (Phi) is 2.37. The molecule has 2 aliphatic rings. The van der Waals surface area contributed by atoms with Crippen molar-refractivity contribution < 1.29 is 14.6 Å². The second-order valence-electron chi connectivity index (χ2n) is 3.45. The molecule has 5 nitrogen and oxygen atoms in total. The van der Waals surface area contributed by atoms with E-state index >= 15 is 0 Å². The Morgan fingerprint density at radius 3 is 3.23 bits per heavy atom. The first-order valence-electron chi connectivity index (χ1n) is 4.61. The molecule has 0 aromatic carbocycles. The lowest BCUT2D eigenvalue weighted by Gasteiger charge is -2.42. The number of carbonyl (C=O) groups is 1. The molecule has 0 aromatic heterocycles. The molecule has 0 spiro atoms. The maximum absolute atomic E-state index is 10.9. The van der Waals surface area contributed by atoms with E-state index in [2.05, 4.69) is 5.32 Å². The lowest BCUT2D eigenvalue weighted by molar-refractivity contribution is -0.0708. The number of piperidine rings is 1. The van der Waals surface area contributed by atoms with Crippen molar-refractivity contribution in [2.45, 2.75) is 18.6 Å². The summed E-state index contributed by atoms with van der Waals surface area (Å²) in [6, 6.07) is 0.0625. The third kappa shape index (κ3) is 1.62. The third-order valence-corrected chi connectivity index (χ3v) is 2.70. The highest BCUT2D eigenvalue weighted by Gasteiger charge is 2.36. The quantitative estimate of drug-likeness (QED) is 0.546. The van der Waals surface area contributed by atoms with E-state index in [9.17, 15) is 4.79 Å². The predicted molar refractivity (Wildman–Crippen MR) is 45.7 cm³/mol. The first-order chi connectivity index (χ1) is 6.29. The van der Waals surface area contributed by atoms with Gasteiger partial charge in [-0.3, -0.25) is 0 Å². The van der Waals surface area contributed by atoms with Crippen molar-refractivity contribution in [1.82, 2.24) is 10.2 Å². The van der Waals surface area contributed by atoms with Crippen LogP contribution in [-0.2, 0) is 4.74 Å². The molecular weight excluding hydrogens is 172 g/mol. The van der Waals surface area contributed by atoms with Crippen LogP contribution in [0.15, 0.2) is 0 Å². The fourth-order valence-electron chi connectivity index (χ4n) is 2.05. The Morgan fingerprint density at radius 1 is 1.62 bits per heavy atom. The average Bonchev–Trinajstić information content (AvgIpc) is 2.17. The standard InChI is InChI=1S/C8H14N2O3/c11-8(12)10-3-4-13-7-5-9-2-1-6(7)10/h6-7,9H,1-5H2,(H,11,12). The lowest BCUT2D eigenvalue weighted by Crippen LogP contribution is -2.59. The summed E-state index contributed by atoms with van der Waals surface area (Å²) in [5.74, 6) is 0. The molecule has 13 heavy (non-hydrogen) atoms. The average molecular weight is 186 g/mol. The maximum Gasteiger partial charge on any atom is 0.407 e. The SMILES string of the molecule is O=C(O)N1CCOC2CNCCC21. The molecule has 0 aliphatic carbocycles. The summed E-state index contributed by atoms with van der Waals surface area (Å²) in [5.41, 5.74) is 0. The molecule has 1 amide bonds. The summed E-state index contributed by atoms with van der Waals surface area (Å²) in [5, 5.41) is 12.1. The van der Waals surface area contributed by atoms with E-state index in [1.54, 1.807) is 0 Å². The molecule has 2 aliphatic heterocycles. The van der Waals surface area contributed by atoms with Gasteiger partial charge in [-0.1, -0.05) is 0 Å². The Balaban J connectivity index is 2.06. The van der Waals surface area contributed by atoms with Gasteiger partial charge in [-0.2, -0.15) is 0 Å². The van der Waals surface area contributed by atoms with Gasteiger partial charge in [0.25, 0.3) is 0 Å². The molecule has 2 heterocycles. The molecule has 2 unspecified atom stereocenters. The molecule has 5 heteroatoms. The summed E-state index contributed by atoms with van der Waals surface area (Å²) < 4.78 is 5.49. The van der Waals surface area contributed by atoms with Crippen LogP contribution in [0.3, 0.4) is 0 Å². The van der Waals surface area contributed by atoms with E-state index in [0.29, 0.717) is 13.2 Å². The van der Waals surface area contributed by atoms with Gasteiger partial charge in [0.05, 0.1) is 18.8 Å². The van der Waals surface area contributed by atoms with Crippen LogP contribution >= 0.6 is 0 Å². The summed E-state index contributed by atoms with van der Waals surface area (Å²) in [6.07, 6.45) is 0.0931. The highest BCUT2D eigenvalue weighted by molar-refractivity contribution is 5.65. The van der Waals surface area contributed by atoms with Crippen LogP contribution < -0.4 is 5.32 Å². The minimum atomic E-state index is -0.819. The molecule has 2 N–H and O–H groups in total.